The van der Waals surface area contributed by atoms with Gasteiger partial charge in [0, 0.05) is 12.1 Å². The minimum absolute atomic E-state index is 0.200. The molecule has 0 aliphatic heterocycles. The number of aromatic nitrogens is 1. The van der Waals surface area contributed by atoms with Crippen LogP contribution in [-0.2, 0) is 0 Å². The number of rotatable bonds is 2. The van der Waals surface area contributed by atoms with E-state index in [4.69, 9.17) is 4.52 Å². The Kier molecular flexibility index (Phi) is 3.89. The van der Waals surface area contributed by atoms with Gasteiger partial charge in [-0.15, -0.1) is 0 Å². The highest BCUT2D eigenvalue weighted by atomic mass is 16.5. The first kappa shape index (κ1) is 12.9. The number of carbonyl (C=O) groups excluding carboxylic acids is 1. The third-order valence-electron chi connectivity index (χ3n) is 3.89. The standard InChI is InChI=1S/C13H21N3O2/c1-8-5-4-6-11(10(8)3)14-13(17)15-12-7-9(2)18-16-12/h7-8,10-11H,4-6H2,1-3H3,(H2,14,15,16,17)/t8-,10+,11+/m0/s1. The number of anilines is 1. The predicted octanol–water partition coefficient (Wildman–Crippen LogP) is 2.93. The fraction of sp³-hybridized carbons (Fsp3) is 0.692. The van der Waals surface area contributed by atoms with Crippen LogP contribution in [0.25, 0.3) is 0 Å². The summed E-state index contributed by atoms with van der Waals surface area (Å²) >= 11 is 0. The van der Waals surface area contributed by atoms with Crippen LogP contribution in [0.2, 0.25) is 0 Å². The minimum Gasteiger partial charge on any atom is -0.360 e. The molecule has 0 radical (unpaired) electrons. The molecule has 2 N–H and O–H groups in total. The second-order valence-electron chi connectivity index (χ2n) is 5.30. The van der Waals surface area contributed by atoms with Gasteiger partial charge in [-0.25, -0.2) is 4.79 Å². The molecule has 1 fully saturated rings. The summed E-state index contributed by atoms with van der Waals surface area (Å²) in [5.41, 5.74) is 0. The second-order valence-corrected chi connectivity index (χ2v) is 5.30. The zero-order chi connectivity index (χ0) is 13.1. The van der Waals surface area contributed by atoms with Crippen LogP contribution in [0.15, 0.2) is 10.6 Å². The zero-order valence-electron chi connectivity index (χ0n) is 11.2. The molecule has 3 atom stereocenters. The fourth-order valence-corrected chi connectivity index (χ4v) is 2.53. The monoisotopic (exact) mass is 251 g/mol. The Morgan fingerprint density at radius 3 is 2.89 bits per heavy atom. The van der Waals surface area contributed by atoms with E-state index in [1.54, 1.807) is 13.0 Å². The number of nitrogens with zero attached hydrogens (tertiary/aromatic N) is 1. The first-order chi connectivity index (χ1) is 8.56. The van der Waals surface area contributed by atoms with Crippen molar-refractivity contribution in [2.45, 2.75) is 46.1 Å². The maximum atomic E-state index is 11.8. The largest absolute Gasteiger partial charge is 0.360 e. The molecule has 2 amide bonds. The van der Waals surface area contributed by atoms with Crippen molar-refractivity contribution in [3.05, 3.63) is 11.8 Å². The molecular weight excluding hydrogens is 230 g/mol. The van der Waals surface area contributed by atoms with Gasteiger partial charge in [0.1, 0.15) is 5.76 Å². The topological polar surface area (TPSA) is 67.2 Å². The van der Waals surface area contributed by atoms with Crippen molar-refractivity contribution in [2.75, 3.05) is 5.32 Å². The molecule has 1 saturated carbocycles. The third-order valence-corrected chi connectivity index (χ3v) is 3.89. The van der Waals surface area contributed by atoms with Crippen molar-refractivity contribution in [1.82, 2.24) is 10.5 Å². The molecule has 1 aromatic rings. The number of carbonyl (C=O) groups is 1. The predicted molar refractivity (Wildman–Crippen MR) is 69.4 cm³/mol. The van der Waals surface area contributed by atoms with Gasteiger partial charge in [-0.3, -0.25) is 5.32 Å². The molecule has 0 saturated heterocycles. The lowest BCUT2D eigenvalue weighted by Crippen LogP contribution is -2.45. The van der Waals surface area contributed by atoms with Crippen LogP contribution in [-0.4, -0.2) is 17.2 Å². The summed E-state index contributed by atoms with van der Waals surface area (Å²) in [6, 6.07) is 1.75. The number of nitrogens with one attached hydrogen (secondary N) is 2. The van der Waals surface area contributed by atoms with E-state index >= 15 is 0 Å². The molecule has 100 valence electrons. The Labute approximate surface area is 107 Å². The molecule has 2 rings (SSSR count). The molecule has 0 spiro atoms. The lowest BCUT2D eigenvalue weighted by atomic mass is 9.78. The van der Waals surface area contributed by atoms with E-state index in [0.29, 0.717) is 23.4 Å². The van der Waals surface area contributed by atoms with Gasteiger partial charge in [-0.05, 0) is 25.2 Å². The van der Waals surface area contributed by atoms with E-state index in [-0.39, 0.29) is 12.1 Å². The molecule has 1 aliphatic rings. The summed E-state index contributed by atoms with van der Waals surface area (Å²) in [5.74, 6) is 2.33. The Balaban J connectivity index is 1.87. The molecule has 5 heteroatoms. The van der Waals surface area contributed by atoms with Crippen LogP contribution < -0.4 is 10.6 Å². The summed E-state index contributed by atoms with van der Waals surface area (Å²) in [7, 11) is 0. The van der Waals surface area contributed by atoms with Crippen molar-refractivity contribution in [3.8, 4) is 0 Å². The first-order valence-corrected chi connectivity index (χ1v) is 6.57. The minimum atomic E-state index is -0.200. The van der Waals surface area contributed by atoms with E-state index in [1.165, 1.54) is 12.8 Å². The third kappa shape index (κ3) is 3.03. The summed E-state index contributed by atoms with van der Waals surface area (Å²) in [6.07, 6.45) is 3.49. The maximum Gasteiger partial charge on any atom is 0.320 e. The van der Waals surface area contributed by atoms with Gasteiger partial charge >= 0.3 is 6.03 Å². The normalized spacial score (nSPS) is 27.8. The van der Waals surface area contributed by atoms with Gasteiger partial charge in [0.15, 0.2) is 5.82 Å². The van der Waals surface area contributed by atoms with Crippen molar-refractivity contribution in [2.24, 2.45) is 11.8 Å². The Hall–Kier alpha value is -1.52. The highest BCUT2D eigenvalue weighted by Crippen LogP contribution is 2.29. The van der Waals surface area contributed by atoms with Gasteiger partial charge in [-0.2, -0.15) is 0 Å². The van der Waals surface area contributed by atoms with Crippen LogP contribution in [0.3, 0.4) is 0 Å². The second kappa shape index (κ2) is 5.42. The van der Waals surface area contributed by atoms with E-state index < -0.39 is 0 Å². The van der Waals surface area contributed by atoms with Gasteiger partial charge in [-0.1, -0.05) is 31.8 Å². The summed E-state index contributed by atoms with van der Waals surface area (Å²) in [5, 5.41) is 9.45. The van der Waals surface area contributed by atoms with E-state index in [1.807, 2.05) is 0 Å². The Bertz CT molecular complexity index is 416. The number of aryl methyl sites for hydroxylation is 1. The number of hydrogen-bond donors (Lipinski definition) is 2. The highest BCUT2D eigenvalue weighted by molar-refractivity contribution is 5.88. The quantitative estimate of drug-likeness (QED) is 0.849. The van der Waals surface area contributed by atoms with Crippen LogP contribution in [0.4, 0.5) is 10.6 Å². The van der Waals surface area contributed by atoms with Crippen molar-refractivity contribution < 1.29 is 9.32 Å². The lowest BCUT2D eigenvalue weighted by molar-refractivity contribution is 0.201. The van der Waals surface area contributed by atoms with Crippen LogP contribution in [0.5, 0.6) is 0 Å². The first-order valence-electron chi connectivity index (χ1n) is 6.57. The Morgan fingerprint density at radius 2 is 2.22 bits per heavy atom. The summed E-state index contributed by atoms with van der Waals surface area (Å²) in [4.78, 5) is 11.8. The van der Waals surface area contributed by atoms with Crippen LogP contribution in [0, 0.1) is 18.8 Å². The molecule has 0 unspecified atom stereocenters. The summed E-state index contributed by atoms with van der Waals surface area (Å²) < 4.78 is 4.90. The van der Waals surface area contributed by atoms with Crippen molar-refractivity contribution >= 4 is 11.8 Å². The molecule has 5 nitrogen and oxygen atoms in total. The Morgan fingerprint density at radius 1 is 1.44 bits per heavy atom. The van der Waals surface area contributed by atoms with Gasteiger partial charge in [0.05, 0.1) is 0 Å². The van der Waals surface area contributed by atoms with Gasteiger partial charge < -0.3 is 9.84 Å². The smallest absolute Gasteiger partial charge is 0.320 e. The number of amides is 2. The van der Waals surface area contributed by atoms with Crippen LogP contribution >= 0.6 is 0 Å². The van der Waals surface area contributed by atoms with E-state index in [2.05, 4.69) is 29.6 Å². The molecule has 1 aromatic heterocycles. The highest BCUT2D eigenvalue weighted by Gasteiger charge is 2.28. The summed E-state index contributed by atoms with van der Waals surface area (Å²) in [6.45, 7) is 6.24. The van der Waals surface area contributed by atoms with E-state index in [9.17, 15) is 4.79 Å². The van der Waals surface area contributed by atoms with E-state index in [0.717, 1.165) is 6.42 Å². The average molecular weight is 251 g/mol. The number of hydrogen-bond acceptors (Lipinski definition) is 3. The number of urea groups is 1. The molecular formula is C13H21N3O2. The molecule has 0 bridgehead atoms. The van der Waals surface area contributed by atoms with Gasteiger partial charge in [0.25, 0.3) is 0 Å². The van der Waals surface area contributed by atoms with Crippen LogP contribution in [0.1, 0.15) is 38.9 Å². The molecule has 0 aromatic carbocycles. The van der Waals surface area contributed by atoms with Gasteiger partial charge in [0.2, 0.25) is 0 Å². The average Bonchev–Trinajstić information content (AvgIpc) is 2.70. The van der Waals surface area contributed by atoms with Crippen molar-refractivity contribution in [1.29, 1.82) is 0 Å². The zero-order valence-corrected chi connectivity index (χ0v) is 11.2. The molecule has 1 heterocycles. The maximum absolute atomic E-state index is 11.8. The van der Waals surface area contributed by atoms with Crippen molar-refractivity contribution in [3.63, 3.8) is 0 Å². The fourth-order valence-electron chi connectivity index (χ4n) is 2.53. The molecule has 1 aliphatic carbocycles. The lowest BCUT2D eigenvalue weighted by Gasteiger charge is -2.34. The molecule has 18 heavy (non-hydrogen) atoms. The SMILES string of the molecule is Cc1cc(NC(=O)N[C@@H]2CCC[C@H](C)[C@H]2C)no1.